The molecule has 5 heteroatoms. The zero-order valence-electron chi connectivity index (χ0n) is 11.0. The summed E-state index contributed by atoms with van der Waals surface area (Å²) in [4.78, 5) is 8.93. The van der Waals surface area contributed by atoms with Crippen molar-refractivity contribution in [2.45, 2.75) is 51.0 Å². The fourth-order valence-electron chi connectivity index (χ4n) is 2.79. The van der Waals surface area contributed by atoms with Crippen molar-refractivity contribution in [1.29, 1.82) is 0 Å². The molecule has 4 nitrogen and oxygen atoms in total. The summed E-state index contributed by atoms with van der Waals surface area (Å²) in [7, 11) is 0. The first-order valence-electron chi connectivity index (χ1n) is 7.09. The predicted octanol–water partition coefficient (Wildman–Crippen LogP) is 4.02. The number of nitrogens with one attached hydrogen (secondary N) is 1. The largest absolute Gasteiger partial charge is 0.364 e. The van der Waals surface area contributed by atoms with Crippen LogP contribution in [0.25, 0.3) is 5.65 Å². The van der Waals surface area contributed by atoms with Crippen molar-refractivity contribution in [2.24, 2.45) is 0 Å². The molecule has 0 spiro atoms. The van der Waals surface area contributed by atoms with Crippen LogP contribution in [0.4, 0.5) is 5.82 Å². The van der Waals surface area contributed by atoms with Gasteiger partial charge >= 0.3 is 0 Å². The predicted molar refractivity (Wildman–Crippen MR) is 80.4 cm³/mol. The average Bonchev–Trinajstić information content (AvgIpc) is 2.80. The molecular weight excluding hydrogens is 304 g/mol. The van der Waals surface area contributed by atoms with Crippen LogP contribution >= 0.6 is 15.9 Å². The fourth-order valence-corrected chi connectivity index (χ4v) is 3.19. The summed E-state index contributed by atoms with van der Waals surface area (Å²) in [6.45, 7) is 0. The second-order valence-electron chi connectivity index (χ2n) is 5.26. The molecule has 3 rings (SSSR count). The molecule has 0 aliphatic heterocycles. The van der Waals surface area contributed by atoms with E-state index in [4.69, 9.17) is 0 Å². The van der Waals surface area contributed by atoms with E-state index in [1.54, 1.807) is 0 Å². The molecule has 1 aliphatic carbocycles. The van der Waals surface area contributed by atoms with E-state index in [-0.39, 0.29) is 0 Å². The maximum Gasteiger partial charge on any atom is 0.180 e. The number of imidazole rings is 1. The molecule has 0 atom stereocenters. The Morgan fingerprint density at radius 3 is 2.68 bits per heavy atom. The maximum absolute atomic E-state index is 4.54. The summed E-state index contributed by atoms with van der Waals surface area (Å²) in [5, 5.41) is 3.59. The van der Waals surface area contributed by atoms with E-state index < -0.39 is 0 Å². The summed E-state index contributed by atoms with van der Waals surface area (Å²) in [5.74, 6) is 0.893. The first kappa shape index (κ1) is 12.9. The average molecular weight is 323 g/mol. The number of aromatic nitrogens is 3. The molecule has 19 heavy (non-hydrogen) atoms. The van der Waals surface area contributed by atoms with Crippen LogP contribution in [0.15, 0.2) is 23.2 Å². The van der Waals surface area contributed by atoms with E-state index in [1.165, 1.54) is 44.9 Å². The minimum Gasteiger partial charge on any atom is -0.364 e. The van der Waals surface area contributed by atoms with Gasteiger partial charge < -0.3 is 9.72 Å². The minimum absolute atomic E-state index is 0.530. The van der Waals surface area contributed by atoms with Gasteiger partial charge in [0.25, 0.3) is 0 Å². The summed E-state index contributed by atoms with van der Waals surface area (Å²) in [5.41, 5.74) is 0.908. The van der Waals surface area contributed by atoms with Crippen LogP contribution in [0.3, 0.4) is 0 Å². The third-order valence-electron chi connectivity index (χ3n) is 3.79. The van der Waals surface area contributed by atoms with E-state index in [0.29, 0.717) is 6.04 Å². The molecule has 0 amide bonds. The third kappa shape index (κ3) is 3.08. The normalized spacial score (nSPS) is 18.2. The third-order valence-corrected chi connectivity index (χ3v) is 4.17. The molecule has 0 saturated heterocycles. The summed E-state index contributed by atoms with van der Waals surface area (Å²) in [6.07, 6.45) is 14.9. The van der Waals surface area contributed by atoms with Gasteiger partial charge in [0.05, 0.1) is 0 Å². The molecule has 1 saturated carbocycles. The number of hydrogen-bond acceptors (Lipinski definition) is 3. The first-order chi connectivity index (χ1) is 9.33. The van der Waals surface area contributed by atoms with Crippen LogP contribution in [0.5, 0.6) is 0 Å². The first-order valence-corrected chi connectivity index (χ1v) is 7.88. The lowest BCUT2D eigenvalue weighted by molar-refractivity contribution is 0.471. The zero-order chi connectivity index (χ0) is 13.1. The summed E-state index contributed by atoms with van der Waals surface area (Å²) >= 11 is 3.46. The van der Waals surface area contributed by atoms with Crippen LogP contribution in [-0.2, 0) is 0 Å². The Kier molecular flexibility index (Phi) is 4.01. The molecule has 0 bridgehead atoms. The Bertz CT molecular complexity index is 543. The molecule has 0 unspecified atom stereocenters. The van der Waals surface area contributed by atoms with Gasteiger partial charge in [0.15, 0.2) is 11.5 Å². The Morgan fingerprint density at radius 2 is 1.89 bits per heavy atom. The second-order valence-corrected chi connectivity index (χ2v) is 6.07. The molecule has 2 heterocycles. The molecule has 102 valence electrons. The molecule has 1 fully saturated rings. The second kappa shape index (κ2) is 5.90. The Morgan fingerprint density at radius 1 is 1.16 bits per heavy atom. The van der Waals surface area contributed by atoms with E-state index in [0.717, 1.165) is 16.1 Å². The van der Waals surface area contributed by atoms with Crippen LogP contribution in [-0.4, -0.2) is 20.4 Å². The minimum atomic E-state index is 0.530. The van der Waals surface area contributed by atoms with E-state index in [1.807, 2.05) is 23.0 Å². The van der Waals surface area contributed by atoms with Gasteiger partial charge in [0.1, 0.15) is 4.60 Å². The Balaban J connectivity index is 1.81. The van der Waals surface area contributed by atoms with Gasteiger partial charge in [-0.2, -0.15) is 0 Å². The molecule has 2 aromatic rings. The lowest BCUT2D eigenvalue weighted by Gasteiger charge is -2.21. The number of rotatable bonds is 2. The zero-order valence-corrected chi connectivity index (χ0v) is 12.6. The number of halogens is 1. The fraction of sp³-hybridized carbons (Fsp3) is 0.571. The van der Waals surface area contributed by atoms with Crippen molar-refractivity contribution in [1.82, 2.24) is 14.4 Å². The monoisotopic (exact) mass is 322 g/mol. The SMILES string of the molecule is Brc1cn2ccnc2c(NC2CCCCCCC2)n1. The van der Waals surface area contributed by atoms with Crippen molar-refractivity contribution >= 4 is 27.4 Å². The smallest absolute Gasteiger partial charge is 0.180 e. The highest BCUT2D eigenvalue weighted by molar-refractivity contribution is 9.10. The quantitative estimate of drug-likeness (QED) is 0.908. The van der Waals surface area contributed by atoms with Gasteiger partial charge in [-0.3, -0.25) is 0 Å². The van der Waals surface area contributed by atoms with Gasteiger partial charge in [-0.1, -0.05) is 32.1 Å². The highest BCUT2D eigenvalue weighted by Gasteiger charge is 2.14. The number of hydrogen-bond donors (Lipinski definition) is 1. The van der Waals surface area contributed by atoms with Crippen LogP contribution in [0.1, 0.15) is 44.9 Å². The summed E-state index contributed by atoms with van der Waals surface area (Å²) < 4.78 is 2.84. The standard InChI is InChI=1S/C14H19BrN4/c15-12-10-19-9-8-16-14(19)13(18-12)17-11-6-4-2-1-3-5-7-11/h8-11H,1-7H2,(H,17,18). The van der Waals surface area contributed by atoms with E-state index >= 15 is 0 Å². The van der Waals surface area contributed by atoms with Crippen molar-refractivity contribution in [3.8, 4) is 0 Å². The lowest BCUT2D eigenvalue weighted by atomic mass is 9.97. The van der Waals surface area contributed by atoms with Gasteiger partial charge in [0.2, 0.25) is 0 Å². The van der Waals surface area contributed by atoms with Gasteiger partial charge in [-0.05, 0) is 28.8 Å². The molecule has 0 radical (unpaired) electrons. The molecule has 2 aromatic heterocycles. The summed E-state index contributed by atoms with van der Waals surface area (Å²) in [6, 6.07) is 0.530. The number of anilines is 1. The lowest BCUT2D eigenvalue weighted by Crippen LogP contribution is -2.21. The van der Waals surface area contributed by atoms with Gasteiger partial charge in [-0.15, -0.1) is 0 Å². The van der Waals surface area contributed by atoms with Crippen molar-refractivity contribution < 1.29 is 0 Å². The van der Waals surface area contributed by atoms with Crippen LogP contribution < -0.4 is 5.32 Å². The van der Waals surface area contributed by atoms with Crippen molar-refractivity contribution in [3.05, 3.63) is 23.2 Å². The van der Waals surface area contributed by atoms with Crippen LogP contribution in [0, 0.1) is 0 Å². The number of nitrogens with zero attached hydrogens (tertiary/aromatic N) is 3. The van der Waals surface area contributed by atoms with E-state index in [2.05, 4.69) is 31.2 Å². The molecule has 0 aromatic carbocycles. The van der Waals surface area contributed by atoms with Crippen molar-refractivity contribution in [2.75, 3.05) is 5.32 Å². The molecular formula is C14H19BrN4. The van der Waals surface area contributed by atoms with Gasteiger partial charge in [-0.25, -0.2) is 9.97 Å². The topological polar surface area (TPSA) is 42.2 Å². The molecule has 1 N–H and O–H groups in total. The Hall–Kier alpha value is -1.10. The van der Waals surface area contributed by atoms with Gasteiger partial charge in [0, 0.05) is 24.6 Å². The highest BCUT2D eigenvalue weighted by atomic mass is 79.9. The van der Waals surface area contributed by atoms with Crippen molar-refractivity contribution in [3.63, 3.8) is 0 Å². The molecule has 1 aliphatic rings. The number of fused-ring (bicyclic) bond motifs is 1. The van der Waals surface area contributed by atoms with E-state index in [9.17, 15) is 0 Å². The van der Waals surface area contributed by atoms with Crippen LogP contribution in [0.2, 0.25) is 0 Å². The Labute approximate surface area is 121 Å². The highest BCUT2D eigenvalue weighted by Crippen LogP contribution is 2.23. The maximum atomic E-state index is 4.54.